The molecule has 0 unspecified atom stereocenters. The molecule has 4 aromatic rings. The Kier molecular flexibility index (Phi) is 5.20. The van der Waals surface area contributed by atoms with Gasteiger partial charge in [0.05, 0.1) is 17.0 Å². The summed E-state index contributed by atoms with van der Waals surface area (Å²) in [6.45, 7) is 3.63. The van der Waals surface area contributed by atoms with Crippen LogP contribution in [0.25, 0.3) is 15.9 Å². The molecular formula is C19H16ClN5O2S2. The largest absolute Gasteiger partial charge is 0.382 e. The van der Waals surface area contributed by atoms with Crippen LogP contribution in [0.4, 0.5) is 5.82 Å². The van der Waals surface area contributed by atoms with Gasteiger partial charge in [0.1, 0.15) is 10.5 Å². The molecule has 2 N–H and O–H groups in total. The van der Waals surface area contributed by atoms with Crippen LogP contribution in [0.5, 0.6) is 0 Å². The van der Waals surface area contributed by atoms with Crippen molar-refractivity contribution in [2.24, 2.45) is 0 Å². The van der Waals surface area contributed by atoms with Gasteiger partial charge in [-0.25, -0.2) is 9.67 Å². The van der Waals surface area contributed by atoms with Crippen LogP contribution in [-0.2, 0) is 0 Å². The van der Waals surface area contributed by atoms with Gasteiger partial charge in [0, 0.05) is 16.8 Å². The molecule has 0 saturated carbocycles. The van der Waals surface area contributed by atoms with Crippen LogP contribution in [0.1, 0.15) is 16.1 Å². The molecule has 0 radical (unpaired) electrons. The van der Waals surface area contributed by atoms with Gasteiger partial charge in [-0.05, 0) is 49.1 Å². The normalized spacial score (nSPS) is 11.3. The number of rotatable bonds is 4. The maximum atomic E-state index is 13.1. The number of nitrogens with two attached hydrogens (primary N) is 1. The van der Waals surface area contributed by atoms with E-state index in [1.165, 1.54) is 32.3 Å². The zero-order valence-corrected chi connectivity index (χ0v) is 17.9. The molecule has 0 fully saturated rings. The number of fused-ring (bicyclic) bond motifs is 1. The van der Waals surface area contributed by atoms with Crippen molar-refractivity contribution in [2.75, 3.05) is 11.5 Å². The van der Waals surface area contributed by atoms with E-state index in [2.05, 4.69) is 10.1 Å². The topological polar surface area (TPSA) is 95.8 Å². The summed E-state index contributed by atoms with van der Waals surface area (Å²) in [6.07, 6.45) is 0. The smallest absolute Gasteiger partial charge is 0.276 e. The van der Waals surface area contributed by atoms with E-state index in [9.17, 15) is 9.59 Å². The van der Waals surface area contributed by atoms with Gasteiger partial charge in [0.2, 0.25) is 0 Å². The molecule has 0 aliphatic carbocycles. The Morgan fingerprint density at radius 3 is 2.76 bits per heavy atom. The van der Waals surface area contributed by atoms with E-state index in [4.69, 9.17) is 17.3 Å². The summed E-state index contributed by atoms with van der Waals surface area (Å²) in [5, 5.41) is 6.88. The van der Waals surface area contributed by atoms with E-state index in [0.29, 0.717) is 31.8 Å². The standard InChI is InChI=1S/C19H16ClN5O2S2/c1-10-7-12(3-4-13(10)20)24-18(27)17-14(5-6-28-17)22-19(24)29-9-16(26)25-11(2)8-15(21)23-25/h3-8H,9H2,1-2H3,(H2,21,23). The summed E-state index contributed by atoms with van der Waals surface area (Å²) in [7, 11) is 0. The molecule has 4 rings (SSSR count). The monoisotopic (exact) mass is 445 g/mol. The maximum absolute atomic E-state index is 13.1. The van der Waals surface area contributed by atoms with E-state index in [-0.39, 0.29) is 23.0 Å². The second-order valence-electron chi connectivity index (χ2n) is 6.41. The third-order valence-electron chi connectivity index (χ3n) is 4.32. The molecule has 3 aromatic heterocycles. The van der Waals surface area contributed by atoms with Crippen molar-refractivity contribution in [1.29, 1.82) is 0 Å². The molecule has 29 heavy (non-hydrogen) atoms. The van der Waals surface area contributed by atoms with Gasteiger partial charge in [-0.15, -0.1) is 16.4 Å². The van der Waals surface area contributed by atoms with E-state index < -0.39 is 0 Å². The third-order valence-corrected chi connectivity index (χ3v) is 6.56. The lowest BCUT2D eigenvalue weighted by Crippen LogP contribution is -2.22. The summed E-state index contributed by atoms with van der Waals surface area (Å²) >= 11 is 8.66. The van der Waals surface area contributed by atoms with Crippen LogP contribution in [0.15, 0.2) is 45.7 Å². The number of halogens is 1. The number of benzene rings is 1. The number of hydrogen-bond donors (Lipinski definition) is 1. The predicted octanol–water partition coefficient (Wildman–Crippen LogP) is 3.93. The highest BCUT2D eigenvalue weighted by Gasteiger charge is 2.18. The average molecular weight is 446 g/mol. The molecule has 0 amide bonds. The molecule has 148 valence electrons. The number of aryl methyl sites for hydroxylation is 2. The van der Waals surface area contributed by atoms with Crippen molar-refractivity contribution in [1.82, 2.24) is 19.3 Å². The lowest BCUT2D eigenvalue weighted by Gasteiger charge is -2.13. The maximum Gasteiger partial charge on any atom is 0.276 e. The quantitative estimate of drug-likeness (QED) is 0.377. The fraction of sp³-hybridized carbons (Fsp3) is 0.158. The number of hydrogen-bond acceptors (Lipinski definition) is 7. The van der Waals surface area contributed by atoms with Crippen molar-refractivity contribution in [3.63, 3.8) is 0 Å². The highest BCUT2D eigenvalue weighted by atomic mass is 35.5. The zero-order chi connectivity index (χ0) is 20.7. The van der Waals surface area contributed by atoms with Gasteiger partial charge in [-0.1, -0.05) is 23.4 Å². The van der Waals surface area contributed by atoms with Crippen LogP contribution >= 0.6 is 34.7 Å². The van der Waals surface area contributed by atoms with Crippen LogP contribution in [0, 0.1) is 13.8 Å². The first-order valence-electron chi connectivity index (χ1n) is 8.60. The molecule has 0 atom stereocenters. The summed E-state index contributed by atoms with van der Waals surface area (Å²) in [4.78, 5) is 30.4. The number of thioether (sulfide) groups is 1. The van der Waals surface area contributed by atoms with E-state index in [0.717, 1.165) is 5.56 Å². The average Bonchev–Trinajstić information content (AvgIpc) is 3.28. The van der Waals surface area contributed by atoms with Gasteiger partial charge < -0.3 is 5.73 Å². The minimum absolute atomic E-state index is 0.0522. The van der Waals surface area contributed by atoms with E-state index in [1.54, 1.807) is 31.2 Å². The molecule has 0 bridgehead atoms. The molecule has 0 aliphatic rings. The lowest BCUT2D eigenvalue weighted by atomic mass is 10.2. The van der Waals surface area contributed by atoms with Gasteiger partial charge >= 0.3 is 0 Å². The number of nitrogen functional groups attached to an aromatic ring is 1. The SMILES string of the molecule is Cc1cc(-n2c(SCC(=O)n3nc(N)cc3C)nc3ccsc3c2=O)ccc1Cl. The Labute approximate surface area is 179 Å². The third kappa shape index (κ3) is 3.68. The molecule has 7 nitrogen and oxygen atoms in total. The number of nitrogens with zero attached hydrogens (tertiary/aromatic N) is 4. The second-order valence-corrected chi connectivity index (χ2v) is 8.67. The second kappa shape index (κ2) is 7.66. The number of anilines is 1. The Balaban J connectivity index is 1.76. The number of thiophene rings is 1. The van der Waals surface area contributed by atoms with Gasteiger partial charge in [-0.3, -0.25) is 14.2 Å². The molecule has 0 saturated heterocycles. The molecule has 10 heteroatoms. The van der Waals surface area contributed by atoms with Crippen molar-refractivity contribution in [3.05, 3.63) is 62.3 Å². The van der Waals surface area contributed by atoms with Crippen molar-refractivity contribution in [2.45, 2.75) is 19.0 Å². The van der Waals surface area contributed by atoms with Gasteiger partial charge in [-0.2, -0.15) is 0 Å². The highest BCUT2D eigenvalue weighted by molar-refractivity contribution is 7.99. The van der Waals surface area contributed by atoms with Crippen LogP contribution in [0.2, 0.25) is 5.02 Å². The van der Waals surface area contributed by atoms with E-state index in [1.807, 2.05) is 18.4 Å². The predicted molar refractivity (Wildman–Crippen MR) is 118 cm³/mol. The number of carbonyl (C=O) groups excluding carboxylic acids is 1. The first kappa shape index (κ1) is 19.7. The Bertz CT molecular complexity index is 1310. The first-order valence-corrected chi connectivity index (χ1v) is 10.8. The van der Waals surface area contributed by atoms with Gasteiger partial charge in [0.15, 0.2) is 5.16 Å². The zero-order valence-electron chi connectivity index (χ0n) is 15.5. The van der Waals surface area contributed by atoms with Gasteiger partial charge in [0.25, 0.3) is 11.5 Å². The lowest BCUT2D eigenvalue weighted by molar-refractivity contribution is 0.0924. The molecule has 0 aliphatic heterocycles. The Morgan fingerprint density at radius 1 is 1.28 bits per heavy atom. The van der Waals surface area contributed by atoms with Crippen molar-refractivity contribution >= 4 is 56.6 Å². The van der Waals surface area contributed by atoms with Crippen molar-refractivity contribution < 1.29 is 4.79 Å². The van der Waals surface area contributed by atoms with E-state index >= 15 is 0 Å². The minimum atomic E-state index is -0.247. The molecule has 0 spiro atoms. The number of aromatic nitrogens is 4. The van der Waals surface area contributed by atoms with Crippen LogP contribution in [0.3, 0.4) is 0 Å². The minimum Gasteiger partial charge on any atom is -0.382 e. The summed E-state index contributed by atoms with van der Waals surface area (Å²) < 4.78 is 3.34. The first-order chi connectivity index (χ1) is 13.8. The Hall–Kier alpha value is -2.62. The summed E-state index contributed by atoms with van der Waals surface area (Å²) in [6, 6.07) is 8.76. The van der Waals surface area contributed by atoms with Crippen LogP contribution < -0.4 is 11.3 Å². The number of carbonyl (C=O) groups is 1. The summed E-state index contributed by atoms with van der Waals surface area (Å²) in [5.74, 6) is 0.0892. The van der Waals surface area contributed by atoms with Crippen molar-refractivity contribution in [3.8, 4) is 5.69 Å². The molecule has 3 heterocycles. The fourth-order valence-corrected chi connectivity index (χ4v) is 4.66. The summed E-state index contributed by atoms with van der Waals surface area (Å²) in [5.41, 5.74) is 8.24. The Morgan fingerprint density at radius 2 is 2.07 bits per heavy atom. The fourth-order valence-electron chi connectivity index (χ4n) is 2.92. The molecule has 1 aromatic carbocycles. The van der Waals surface area contributed by atoms with Crippen LogP contribution in [-0.4, -0.2) is 31.0 Å². The molecular weight excluding hydrogens is 430 g/mol. The highest BCUT2D eigenvalue weighted by Crippen LogP contribution is 2.26.